The summed E-state index contributed by atoms with van der Waals surface area (Å²) in [5.41, 5.74) is 1.39. The molecule has 0 aromatic carbocycles. The molecule has 1 saturated heterocycles. The summed E-state index contributed by atoms with van der Waals surface area (Å²) in [5.74, 6) is -0.947. The Morgan fingerprint density at radius 1 is 1.17 bits per heavy atom. The lowest BCUT2D eigenvalue weighted by Gasteiger charge is -2.18. The van der Waals surface area contributed by atoms with E-state index in [4.69, 9.17) is 0 Å². The van der Waals surface area contributed by atoms with Crippen LogP contribution in [0.4, 0.5) is 0 Å². The quantitative estimate of drug-likeness (QED) is 0.454. The molecular formula is C16H24O7. The van der Waals surface area contributed by atoms with Crippen molar-refractivity contribution in [2.75, 3.05) is 6.61 Å². The van der Waals surface area contributed by atoms with Gasteiger partial charge in [-0.15, -0.1) is 0 Å². The molecule has 1 rings (SSSR count). The molecule has 2 atom stereocenters. The zero-order valence-electron chi connectivity index (χ0n) is 14.2. The number of allylic oxidation sites excluding steroid dienone is 1. The Bertz CT molecular complexity index is 511. The van der Waals surface area contributed by atoms with Gasteiger partial charge in [-0.05, 0) is 46.5 Å². The first kappa shape index (κ1) is 19.2. The van der Waals surface area contributed by atoms with Gasteiger partial charge in [0.15, 0.2) is 12.4 Å². The van der Waals surface area contributed by atoms with E-state index >= 15 is 0 Å². The van der Waals surface area contributed by atoms with Crippen molar-refractivity contribution < 1.29 is 34.2 Å². The zero-order valence-corrected chi connectivity index (χ0v) is 14.2. The highest BCUT2D eigenvalue weighted by atomic mass is 17.2. The molecule has 1 aliphatic heterocycles. The fraction of sp³-hybridized carbons (Fsp3) is 0.625. The topological polar surface area (TPSA) is 91.3 Å². The molecule has 0 saturated carbocycles. The Labute approximate surface area is 135 Å². The molecule has 0 radical (unpaired) electrons. The molecule has 7 nitrogen and oxygen atoms in total. The van der Waals surface area contributed by atoms with Crippen LogP contribution in [0.2, 0.25) is 0 Å². The second kappa shape index (κ2) is 8.69. The van der Waals surface area contributed by atoms with Crippen molar-refractivity contribution in [1.82, 2.24) is 0 Å². The Morgan fingerprint density at radius 3 is 2.22 bits per heavy atom. The molecule has 2 unspecified atom stereocenters. The van der Waals surface area contributed by atoms with E-state index in [2.05, 4.69) is 19.6 Å². The number of hydrogen-bond acceptors (Lipinski definition) is 7. The van der Waals surface area contributed by atoms with Gasteiger partial charge in [-0.3, -0.25) is 0 Å². The van der Waals surface area contributed by atoms with E-state index in [1.165, 1.54) is 6.92 Å². The molecule has 0 spiro atoms. The fourth-order valence-electron chi connectivity index (χ4n) is 2.12. The van der Waals surface area contributed by atoms with E-state index in [-0.39, 0.29) is 24.2 Å². The average Bonchev–Trinajstić information content (AvgIpc) is 2.40. The summed E-state index contributed by atoms with van der Waals surface area (Å²) in [7, 11) is 0. The minimum Gasteiger partial charge on any atom is -0.393 e. The van der Waals surface area contributed by atoms with Gasteiger partial charge in [0, 0.05) is 5.57 Å². The first-order valence-corrected chi connectivity index (χ1v) is 7.49. The molecule has 0 aromatic rings. The summed E-state index contributed by atoms with van der Waals surface area (Å²) >= 11 is 0. The highest BCUT2D eigenvalue weighted by Gasteiger charge is 2.24. The molecule has 1 N–H and O–H groups in total. The summed E-state index contributed by atoms with van der Waals surface area (Å²) in [6, 6.07) is 0. The Balaban J connectivity index is 2.52. The van der Waals surface area contributed by atoms with E-state index in [0.29, 0.717) is 24.2 Å². The Morgan fingerprint density at radius 2 is 1.74 bits per heavy atom. The van der Waals surface area contributed by atoms with Gasteiger partial charge < -0.3 is 9.99 Å². The fourth-order valence-corrected chi connectivity index (χ4v) is 2.12. The maximum Gasteiger partial charge on any atom is 0.385 e. The third kappa shape index (κ3) is 6.03. The molecule has 1 heterocycles. The summed E-state index contributed by atoms with van der Waals surface area (Å²) in [6.45, 7) is 8.81. The minimum absolute atomic E-state index is 0.188. The monoisotopic (exact) mass is 328 g/mol. The molecule has 1 aliphatic rings. The number of rotatable bonds is 6. The van der Waals surface area contributed by atoms with Crippen molar-refractivity contribution in [3.8, 4) is 0 Å². The second-order valence-electron chi connectivity index (χ2n) is 5.93. The van der Waals surface area contributed by atoms with Crippen molar-refractivity contribution in [3.63, 3.8) is 0 Å². The number of carbonyl (C=O) groups excluding carboxylic acids is 2. The van der Waals surface area contributed by atoms with Crippen LogP contribution in [0.1, 0.15) is 47.5 Å². The molecule has 0 aromatic heterocycles. The van der Waals surface area contributed by atoms with Gasteiger partial charge in [0.2, 0.25) is 0 Å². The molecule has 23 heavy (non-hydrogen) atoms. The number of hydrogen-bond donors (Lipinski definition) is 1. The van der Waals surface area contributed by atoms with Crippen molar-refractivity contribution in [2.45, 2.75) is 53.6 Å². The van der Waals surface area contributed by atoms with Crippen LogP contribution < -0.4 is 0 Å². The molecule has 0 aliphatic carbocycles. The van der Waals surface area contributed by atoms with Crippen molar-refractivity contribution >= 4 is 11.9 Å². The Hall–Kier alpha value is -1.86. The molecule has 130 valence electrons. The SMILES string of the molecule is C/C(CC(C)CC(C)O)=C(/C)C(=O)OOC(=O)/C(C)=C1\COO1. The number of aliphatic hydroxyl groups is 1. The lowest BCUT2D eigenvalue weighted by Crippen LogP contribution is -2.21. The smallest absolute Gasteiger partial charge is 0.385 e. The number of carbonyl (C=O) groups is 2. The van der Waals surface area contributed by atoms with E-state index in [1.54, 1.807) is 13.8 Å². The first-order valence-electron chi connectivity index (χ1n) is 7.49. The van der Waals surface area contributed by atoms with Gasteiger partial charge in [0.1, 0.15) is 0 Å². The van der Waals surface area contributed by atoms with Gasteiger partial charge in [0.05, 0.1) is 11.7 Å². The summed E-state index contributed by atoms with van der Waals surface area (Å²) in [5, 5.41) is 9.36. The number of aliphatic hydroxyl groups excluding tert-OH is 1. The predicted molar refractivity (Wildman–Crippen MR) is 80.4 cm³/mol. The lowest BCUT2D eigenvalue weighted by atomic mass is 9.94. The van der Waals surface area contributed by atoms with Crippen LogP contribution in [0.25, 0.3) is 0 Å². The van der Waals surface area contributed by atoms with E-state index in [1.807, 2.05) is 13.8 Å². The zero-order chi connectivity index (χ0) is 17.6. The summed E-state index contributed by atoms with van der Waals surface area (Å²) < 4.78 is 0. The maximum absolute atomic E-state index is 11.9. The normalized spacial score (nSPS) is 19.6. The third-order valence-electron chi connectivity index (χ3n) is 3.61. The van der Waals surface area contributed by atoms with Gasteiger partial charge in [-0.2, -0.15) is 4.89 Å². The van der Waals surface area contributed by atoms with Crippen LogP contribution in [-0.4, -0.2) is 29.8 Å². The van der Waals surface area contributed by atoms with Crippen molar-refractivity contribution in [3.05, 3.63) is 22.5 Å². The molecule has 7 heteroatoms. The van der Waals surface area contributed by atoms with Gasteiger partial charge in [0.25, 0.3) is 0 Å². The second-order valence-corrected chi connectivity index (χ2v) is 5.93. The maximum atomic E-state index is 11.9. The average molecular weight is 328 g/mol. The van der Waals surface area contributed by atoms with Gasteiger partial charge in [-0.1, -0.05) is 12.5 Å². The highest BCUT2D eigenvalue weighted by molar-refractivity contribution is 5.91. The third-order valence-corrected chi connectivity index (χ3v) is 3.61. The van der Waals surface area contributed by atoms with Gasteiger partial charge in [-0.25, -0.2) is 19.4 Å². The molecule has 0 amide bonds. The van der Waals surface area contributed by atoms with Crippen LogP contribution in [0, 0.1) is 5.92 Å². The van der Waals surface area contributed by atoms with E-state index in [0.717, 1.165) is 5.57 Å². The van der Waals surface area contributed by atoms with Crippen molar-refractivity contribution in [1.29, 1.82) is 0 Å². The van der Waals surface area contributed by atoms with Gasteiger partial charge >= 0.3 is 11.9 Å². The van der Waals surface area contributed by atoms with E-state index in [9.17, 15) is 14.7 Å². The summed E-state index contributed by atoms with van der Waals surface area (Å²) in [4.78, 5) is 41.7. The lowest BCUT2D eigenvalue weighted by molar-refractivity contribution is -0.337. The van der Waals surface area contributed by atoms with Crippen molar-refractivity contribution in [2.24, 2.45) is 5.92 Å². The first-order chi connectivity index (χ1) is 10.7. The molecule has 1 fully saturated rings. The summed E-state index contributed by atoms with van der Waals surface area (Å²) in [6.07, 6.45) is 0.900. The minimum atomic E-state index is -0.801. The molecule has 0 bridgehead atoms. The predicted octanol–water partition coefficient (Wildman–Crippen LogP) is 2.36. The van der Waals surface area contributed by atoms with Crippen LogP contribution in [0.15, 0.2) is 22.5 Å². The van der Waals surface area contributed by atoms with Crippen LogP contribution in [0.3, 0.4) is 0 Å². The standard InChI is InChI=1S/C16H24O7/c1-9(7-11(3)17)6-10(2)12(4)15(18)22-23-16(19)13(5)14-8-20-21-14/h9,11,17H,6-8H2,1-5H3/b12-10+,14-13+. The van der Waals surface area contributed by atoms with Crippen LogP contribution in [-0.2, 0) is 29.1 Å². The largest absolute Gasteiger partial charge is 0.393 e. The van der Waals surface area contributed by atoms with Crippen LogP contribution in [0.5, 0.6) is 0 Å². The van der Waals surface area contributed by atoms with E-state index < -0.39 is 11.9 Å². The Kier molecular flexibility index (Phi) is 7.25. The molecular weight excluding hydrogens is 304 g/mol. The van der Waals surface area contributed by atoms with Crippen LogP contribution >= 0.6 is 0 Å². The highest BCUT2D eigenvalue weighted by Crippen LogP contribution is 2.20.